The van der Waals surface area contributed by atoms with Crippen LogP contribution in [0.5, 0.6) is 5.75 Å². The molecule has 2 rings (SSSR count). The van der Waals surface area contributed by atoms with Gasteiger partial charge < -0.3 is 4.74 Å². The highest BCUT2D eigenvalue weighted by molar-refractivity contribution is 6.09. The van der Waals surface area contributed by atoms with Crippen molar-refractivity contribution in [3.8, 4) is 5.75 Å². The number of carbonyl (C=O) groups excluding carboxylic acids is 1. The van der Waals surface area contributed by atoms with Crippen LogP contribution >= 0.6 is 0 Å². The van der Waals surface area contributed by atoms with E-state index in [0.29, 0.717) is 0 Å². The molecule has 0 saturated carbocycles. The lowest BCUT2D eigenvalue weighted by Gasteiger charge is -2.08. The van der Waals surface area contributed by atoms with Gasteiger partial charge in [0, 0.05) is 11.8 Å². The number of ketones is 1. The summed E-state index contributed by atoms with van der Waals surface area (Å²) in [6.07, 6.45) is -3.01. The minimum Gasteiger partial charge on any atom is -0.494 e. The smallest absolute Gasteiger partial charge is 0.416 e. The van der Waals surface area contributed by atoms with Gasteiger partial charge in [-0.1, -0.05) is 12.1 Å². The third-order valence-electron chi connectivity index (χ3n) is 2.68. The number of hydrogen-bond donors (Lipinski definition) is 0. The van der Waals surface area contributed by atoms with Gasteiger partial charge in [0.15, 0.2) is 5.69 Å². The monoisotopic (exact) mass is 281 g/mol. The van der Waals surface area contributed by atoms with E-state index < -0.39 is 17.5 Å². The summed E-state index contributed by atoms with van der Waals surface area (Å²) in [5.41, 5.74) is -0.619. The third-order valence-corrected chi connectivity index (χ3v) is 2.68. The standard InChI is InChI=1S/C14H10F3NO2/c1-20-11-3-2-8-18-12(11)13(19)9-4-6-10(7-5-9)14(15,16)17/h2-8H,1H3. The van der Waals surface area contributed by atoms with Gasteiger partial charge in [0.25, 0.3) is 0 Å². The van der Waals surface area contributed by atoms with Crippen molar-refractivity contribution in [2.24, 2.45) is 0 Å². The molecular formula is C14H10F3NO2. The fraction of sp³-hybridized carbons (Fsp3) is 0.143. The number of benzene rings is 1. The summed E-state index contributed by atoms with van der Waals surface area (Å²) in [6, 6.07) is 7.14. The number of aromatic nitrogens is 1. The summed E-state index contributed by atoms with van der Waals surface area (Å²) in [4.78, 5) is 16.1. The molecule has 0 aliphatic rings. The minimum absolute atomic E-state index is 0.0646. The van der Waals surface area contributed by atoms with Gasteiger partial charge in [0.05, 0.1) is 12.7 Å². The average molecular weight is 281 g/mol. The molecule has 0 N–H and O–H groups in total. The van der Waals surface area contributed by atoms with Crippen LogP contribution in [0.4, 0.5) is 13.2 Å². The maximum atomic E-state index is 12.4. The van der Waals surface area contributed by atoms with Crippen molar-refractivity contribution >= 4 is 5.78 Å². The van der Waals surface area contributed by atoms with E-state index in [1.54, 1.807) is 12.1 Å². The van der Waals surface area contributed by atoms with Gasteiger partial charge in [0.1, 0.15) is 5.75 Å². The molecule has 6 heteroatoms. The molecule has 3 nitrogen and oxygen atoms in total. The molecule has 0 unspecified atom stereocenters. The van der Waals surface area contributed by atoms with E-state index >= 15 is 0 Å². The molecule has 0 spiro atoms. The summed E-state index contributed by atoms with van der Waals surface area (Å²) in [6.45, 7) is 0. The molecule has 0 aliphatic carbocycles. The highest BCUT2D eigenvalue weighted by Crippen LogP contribution is 2.29. The highest BCUT2D eigenvalue weighted by Gasteiger charge is 2.30. The zero-order valence-electron chi connectivity index (χ0n) is 10.4. The molecule has 1 heterocycles. The predicted molar refractivity (Wildman–Crippen MR) is 65.7 cm³/mol. The lowest BCUT2D eigenvalue weighted by Crippen LogP contribution is -2.08. The molecule has 0 bridgehead atoms. The van der Waals surface area contributed by atoms with Crippen molar-refractivity contribution in [1.29, 1.82) is 0 Å². The Balaban J connectivity index is 2.34. The van der Waals surface area contributed by atoms with Crippen molar-refractivity contribution in [2.45, 2.75) is 6.18 Å². The Morgan fingerprint density at radius 2 is 1.80 bits per heavy atom. The number of ether oxygens (including phenoxy) is 1. The highest BCUT2D eigenvalue weighted by atomic mass is 19.4. The van der Waals surface area contributed by atoms with Gasteiger partial charge in [-0.3, -0.25) is 4.79 Å². The van der Waals surface area contributed by atoms with Crippen LogP contribution < -0.4 is 4.74 Å². The van der Waals surface area contributed by atoms with Gasteiger partial charge in [-0.2, -0.15) is 13.2 Å². The first-order valence-electron chi connectivity index (χ1n) is 5.64. The summed E-state index contributed by atoms with van der Waals surface area (Å²) in [7, 11) is 1.39. The van der Waals surface area contributed by atoms with E-state index in [9.17, 15) is 18.0 Å². The molecule has 0 fully saturated rings. The predicted octanol–water partition coefficient (Wildman–Crippen LogP) is 3.34. The first-order valence-corrected chi connectivity index (χ1v) is 5.64. The Hall–Kier alpha value is -2.37. The van der Waals surface area contributed by atoms with Crippen molar-refractivity contribution in [2.75, 3.05) is 7.11 Å². The number of halogens is 3. The van der Waals surface area contributed by atoms with Crippen molar-refractivity contribution < 1.29 is 22.7 Å². The third kappa shape index (κ3) is 2.79. The first-order chi connectivity index (χ1) is 9.43. The molecule has 0 radical (unpaired) electrons. The topological polar surface area (TPSA) is 39.2 Å². The number of methoxy groups -OCH3 is 1. The SMILES string of the molecule is COc1cccnc1C(=O)c1ccc(C(F)(F)F)cc1. The average Bonchev–Trinajstić information content (AvgIpc) is 2.45. The fourth-order valence-electron chi connectivity index (χ4n) is 1.67. The van der Waals surface area contributed by atoms with E-state index in [0.717, 1.165) is 24.3 Å². The largest absolute Gasteiger partial charge is 0.494 e. The van der Waals surface area contributed by atoms with Crippen LogP contribution in [-0.2, 0) is 6.18 Å². The second-order valence-corrected chi connectivity index (χ2v) is 3.96. The Morgan fingerprint density at radius 1 is 1.15 bits per heavy atom. The van der Waals surface area contributed by atoms with E-state index in [4.69, 9.17) is 4.74 Å². The molecule has 1 aromatic heterocycles. The molecule has 1 aromatic carbocycles. The number of alkyl halides is 3. The van der Waals surface area contributed by atoms with Crippen LogP contribution in [0.25, 0.3) is 0 Å². The zero-order valence-corrected chi connectivity index (χ0v) is 10.4. The molecule has 104 valence electrons. The summed E-state index contributed by atoms with van der Waals surface area (Å²) >= 11 is 0. The first kappa shape index (κ1) is 14.0. The lowest BCUT2D eigenvalue weighted by atomic mass is 10.0. The van der Waals surface area contributed by atoms with Gasteiger partial charge in [-0.05, 0) is 24.3 Å². The van der Waals surface area contributed by atoms with E-state index in [1.165, 1.54) is 13.3 Å². The van der Waals surface area contributed by atoms with E-state index in [1.807, 2.05) is 0 Å². The second kappa shape index (κ2) is 5.32. The van der Waals surface area contributed by atoms with Crippen LogP contribution in [0.1, 0.15) is 21.6 Å². The molecule has 0 saturated heterocycles. The fourth-order valence-corrected chi connectivity index (χ4v) is 1.67. The Labute approximate surface area is 113 Å². The Bertz CT molecular complexity index is 621. The molecule has 0 atom stereocenters. The number of rotatable bonds is 3. The minimum atomic E-state index is -4.43. The quantitative estimate of drug-likeness (QED) is 0.810. The summed E-state index contributed by atoms with van der Waals surface area (Å²) in [5, 5.41) is 0. The lowest BCUT2D eigenvalue weighted by molar-refractivity contribution is -0.137. The maximum Gasteiger partial charge on any atom is 0.416 e. The van der Waals surface area contributed by atoms with E-state index in [-0.39, 0.29) is 17.0 Å². The van der Waals surface area contributed by atoms with Crippen molar-refractivity contribution in [3.63, 3.8) is 0 Å². The molecule has 0 amide bonds. The van der Waals surface area contributed by atoms with Crippen LogP contribution in [0.2, 0.25) is 0 Å². The molecular weight excluding hydrogens is 271 g/mol. The number of hydrogen-bond acceptors (Lipinski definition) is 3. The Kier molecular flexibility index (Phi) is 3.74. The van der Waals surface area contributed by atoms with E-state index in [2.05, 4.69) is 4.98 Å². The second-order valence-electron chi connectivity index (χ2n) is 3.96. The molecule has 20 heavy (non-hydrogen) atoms. The maximum absolute atomic E-state index is 12.4. The van der Waals surface area contributed by atoms with Crippen LogP contribution in [-0.4, -0.2) is 17.9 Å². The van der Waals surface area contributed by atoms with Gasteiger partial charge >= 0.3 is 6.18 Å². The molecule has 2 aromatic rings. The summed E-state index contributed by atoms with van der Waals surface area (Å²) < 4.78 is 42.3. The summed E-state index contributed by atoms with van der Waals surface area (Å²) in [5.74, 6) is -0.214. The zero-order chi connectivity index (χ0) is 14.8. The van der Waals surface area contributed by atoms with Crippen LogP contribution in [0.3, 0.4) is 0 Å². The van der Waals surface area contributed by atoms with Crippen LogP contribution in [0, 0.1) is 0 Å². The number of pyridine rings is 1. The van der Waals surface area contributed by atoms with Gasteiger partial charge in [0.2, 0.25) is 5.78 Å². The van der Waals surface area contributed by atoms with Crippen molar-refractivity contribution in [3.05, 3.63) is 59.4 Å². The van der Waals surface area contributed by atoms with Gasteiger partial charge in [-0.15, -0.1) is 0 Å². The van der Waals surface area contributed by atoms with Crippen molar-refractivity contribution in [1.82, 2.24) is 4.98 Å². The van der Waals surface area contributed by atoms with Gasteiger partial charge in [-0.25, -0.2) is 4.98 Å². The Morgan fingerprint density at radius 3 is 2.35 bits per heavy atom. The normalized spacial score (nSPS) is 11.2. The molecule has 0 aliphatic heterocycles. The number of carbonyl (C=O) groups is 1. The number of nitrogens with zero attached hydrogens (tertiary/aromatic N) is 1. The van der Waals surface area contributed by atoms with Crippen LogP contribution in [0.15, 0.2) is 42.6 Å².